The summed E-state index contributed by atoms with van der Waals surface area (Å²) in [5, 5.41) is 0.929. The molecule has 0 saturated heterocycles. The number of halogens is 1. The van der Waals surface area contributed by atoms with Crippen LogP contribution in [0.5, 0.6) is 5.75 Å². The third kappa shape index (κ3) is 5.71. The van der Waals surface area contributed by atoms with Gasteiger partial charge in [-0.05, 0) is 42.7 Å². The van der Waals surface area contributed by atoms with Crippen LogP contribution in [0.25, 0.3) is 11.0 Å². The molecule has 0 bridgehead atoms. The number of hydrogen-bond acceptors (Lipinski definition) is 7. The smallest absolute Gasteiger partial charge is 0.345 e. The van der Waals surface area contributed by atoms with Crippen LogP contribution in [-0.4, -0.2) is 32.3 Å². The van der Waals surface area contributed by atoms with Gasteiger partial charge in [-0.3, -0.25) is 4.79 Å². The van der Waals surface area contributed by atoms with Gasteiger partial charge < -0.3 is 18.6 Å². The number of fused-ring (bicyclic) bond motifs is 1. The molecular weight excluding hydrogens is 424 g/mol. The first kappa shape index (κ1) is 22.5. The first-order chi connectivity index (χ1) is 14.9. The van der Waals surface area contributed by atoms with Crippen LogP contribution >= 0.6 is 11.6 Å². The van der Waals surface area contributed by atoms with Crippen molar-refractivity contribution in [2.45, 2.75) is 19.8 Å². The van der Waals surface area contributed by atoms with E-state index in [1.807, 2.05) is 0 Å². The average molecular weight is 445 g/mol. The summed E-state index contributed by atoms with van der Waals surface area (Å²) in [6.07, 6.45) is 0.327. The molecule has 0 unspecified atom stereocenters. The molecule has 31 heavy (non-hydrogen) atoms. The molecule has 0 N–H and O–H groups in total. The van der Waals surface area contributed by atoms with Crippen LogP contribution in [0.3, 0.4) is 0 Å². The average Bonchev–Trinajstić information content (AvgIpc) is 2.72. The van der Waals surface area contributed by atoms with Crippen molar-refractivity contribution in [3.8, 4) is 5.75 Å². The lowest BCUT2D eigenvalue weighted by Gasteiger charge is -2.13. The molecule has 8 heteroatoms. The number of aryl methyl sites for hydroxylation is 2. The highest BCUT2D eigenvalue weighted by atomic mass is 35.5. The predicted molar refractivity (Wildman–Crippen MR) is 115 cm³/mol. The Bertz CT molecular complexity index is 1170. The van der Waals surface area contributed by atoms with Gasteiger partial charge >= 0.3 is 17.6 Å². The van der Waals surface area contributed by atoms with Crippen LogP contribution in [-0.2, 0) is 20.7 Å². The van der Waals surface area contributed by atoms with Gasteiger partial charge in [0.2, 0.25) is 0 Å². The van der Waals surface area contributed by atoms with Gasteiger partial charge in [-0.15, -0.1) is 0 Å². The number of carbonyl (C=O) groups is 2. The van der Waals surface area contributed by atoms with Crippen molar-refractivity contribution < 1.29 is 28.2 Å². The quantitative estimate of drug-likeness (QED) is 0.223. The van der Waals surface area contributed by atoms with Crippen molar-refractivity contribution in [1.29, 1.82) is 0 Å². The first-order valence-corrected chi connectivity index (χ1v) is 9.95. The molecule has 0 fully saturated rings. The maximum Gasteiger partial charge on any atom is 0.345 e. The highest BCUT2D eigenvalue weighted by Gasteiger charge is 2.18. The molecule has 0 aliphatic rings. The first-order valence-electron chi connectivity index (χ1n) is 9.57. The van der Waals surface area contributed by atoms with Gasteiger partial charge in [0.05, 0.1) is 17.2 Å². The monoisotopic (exact) mass is 444 g/mol. The van der Waals surface area contributed by atoms with Gasteiger partial charge in [-0.1, -0.05) is 23.7 Å². The van der Waals surface area contributed by atoms with Crippen molar-refractivity contribution in [2.24, 2.45) is 0 Å². The SMILES string of the molecule is COCCOC(=O)CCc1cc2c(C)cc(=O)oc2cc1OC(=O)c1ccccc1Cl. The molecule has 0 radical (unpaired) electrons. The molecule has 0 saturated carbocycles. The second-order valence-electron chi connectivity index (χ2n) is 6.79. The van der Waals surface area contributed by atoms with E-state index < -0.39 is 17.6 Å². The molecule has 2 aromatic carbocycles. The lowest BCUT2D eigenvalue weighted by Crippen LogP contribution is -2.13. The lowest BCUT2D eigenvalue weighted by atomic mass is 10.0. The normalized spacial score (nSPS) is 10.8. The third-order valence-electron chi connectivity index (χ3n) is 4.58. The van der Waals surface area contributed by atoms with Gasteiger partial charge in [0.1, 0.15) is 17.9 Å². The fraction of sp³-hybridized carbons (Fsp3) is 0.261. The second kappa shape index (κ2) is 10.2. The fourth-order valence-electron chi connectivity index (χ4n) is 3.01. The molecule has 7 nitrogen and oxygen atoms in total. The van der Waals surface area contributed by atoms with Crippen LogP contribution in [0, 0.1) is 6.92 Å². The third-order valence-corrected chi connectivity index (χ3v) is 4.91. The van der Waals surface area contributed by atoms with E-state index in [0.29, 0.717) is 23.1 Å². The summed E-state index contributed by atoms with van der Waals surface area (Å²) < 4.78 is 20.8. The van der Waals surface area contributed by atoms with Gasteiger partial charge in [-0.25, -0.2) is 9.59 Å². The molecule has 3 rings (SSSR count). The summed E-state index contributed by atoms with van der Waals surface area (Å²) in [5.41, 5.74) is 1.26. The number of carbonyl (C=O) groups excluding carboxylic acids is 2. The maximum atomic E-state index is 12.7. The second-order valence-corrected chi connectivity index (χ2v) is 7.19. The Kier molecular flexibility index (Phi) is 7.44. The highest BCUT2D eigenvalue weighted by Crippen LogP contribution is 2.30. The van der Waals surface area contributed by atoms with Crippen LogP contribution in [0.4, 0.5) is 0 Å². The molecule has 0 aliphatic heterocycles. The van der Waals surface area contributed by atoms with Crippen molar-refractivity contribution in [2.75, 3.05) is 20.3 Å². The standard InChI is InChI=1S/C23H21ClO7/c1-14-11-22(26)30-20-13-19(31-23(27)16-5-3-4-6-18(16)24)15(12-17(14)20)7-8-21(25)29-10-9-28-2/h3-6,11-13H,7-10H2,1-2H3. The van der Waals surface area contributed by atoms with E-state index in [1.165, 1.54) is 19.2 Å². The van der Waals surface area contributed by atoms with Crippen molar-refractivity contribution >= 4 is 34.5 Å². The van der Waals surface area contributed by atoms with Crippen LogP contribution in [0.2, 0.25) is 5.02 Å². The van der Waals surface area contributed by atoms with E-state index in [1.54, 1.807) is 37.3 Å². The van der Waals surface area contributed by atoms with Crippen LogP contribution < -0.4 is 10.4 Å². The minimum Gasteiger partial charge on any atom is -0.463 e. The van der Waals surface area contributed by atoms with Crippen molar-refractivity contribution in [1.82, 2.24) is 0 Å². The molecular formula is C23H21ClO7. The molecule has 0 atom stereocenters. The summed E-state index contributed by atoms with van der Waals surface area (Å²) in [6, 6.07) is 11.1. The topological polar surface area (TPSA) is 92.0 Å². The number of hydrogen-bond donors (Lipinski definition) is 0. The van der Waals surface area contributed by atoms with Crippen molar-refractivity contribution in [3.05, 3.63) is 74.6 Å². The number of ether oxygens (including phenoxy) is 3. The largest absolute Gasteiger partial charge is 0.463 e. The molecule has 1 heterocycles. The van der Waals surface area contributed by atoms with Gasteiger partial charge in [0.15, 0.2) is 0 Å². The van der Waals surface area contributed by atoms with E-state index in [2.05, 4.69) is 0 Å². The Labute approximate surface area is 183 Å². The zero-order chi connectivity index (χ0) is 22.4. The van der Waals surface area contributed by atoms with Crippen molar-refractivity contribution in [3.63, 3.8) is 0 Å². The molecule has 162 valence electrons. The number of benzene rings is 2. The van der Waals surface area contributed by atoms with E-state index in [4.69, 9.17) is 30.2 Å². The minimum atomic E-state index is -0.663. The summed E-state index contributed by atoms with van der Waals surface area (Å²) in [6.45, 7) is 2.24. The minimum absolute atomic E-state index is 0.0711. The van der Waals surface area contributed by atoms with E-state index in [0.717, 1.165) is 0 Å². The van der Waals surface area contributed by atoms with Gasteiger partial charge in [0.25, 0.3) is 0 Å². The highest BCUT2D eigenvalue weighted by molar-refractivity contribution is 6.33. The maximum absolute atomic E-state index is 12.7. The number of rotatable bonds is 8. The Morgan fingerprint density at radius 1 is 1.10 bits per heavy atom. The van der Waals surface area contributed by atoms with Gasteiger partial charge in [-0.2, -0.15) is 0 Å². The fourth-order valence-corrected chi connectivity index (χ4v) is 3.22. The Morgan fingerprint density at radius 3 is 2.61 bits per heavy atom. The molecule has 3 aromatic rings. The lowest BCUT2D eigenvalue weighted by molar-refractivity contribution is -0.144. The van der Waals surface area contributed by atoms with Gasteiger partial charge in [0, 0.05) is 31.0 Å². The summed E-state index contributed by atoms with van der Waals surface area (Å²) >= 11 is 6.09. The van der Waals surface area contributed by atoms with E-state index in [9.17, 15) is 14.4 Å². The molecule has 0 aliphatic carbocycles. The zero-order valence-electron chi connectivity index (χ0n) is 17.1. The van der Waals surface area contributed by atoms with Crippen LogP contribution in [0.1, 0.15) is 27.9 Å². The summed E-state index contributed by atoms with van der Waals surface area (Å²) in [4.78, 5) is 36.4. The van der Waals surface area contributed by atoms with E-state index in [-0.39, 0.29) is 41.4 Å². The zero-order valence-corrected chi connectivity index (χ0v) is 17.9. The molecule has 0 amide bonds. The summed E-state index contributed by atoms with van der Waals surface area (Å²) in [5.74, 6) is -0.892. The number of methoxy groups -OCH3 is 1. The predicted octanol–water partition coefficient (Wildman–Crippen LogP) is 4.10. The van der Waals surface area contributed by atoms with Crippen LogP contribution in [0.15, 0.2) is 51.7 Å². The Hall–Kier alpha value is -3.16. The number of esters is 2. The molecule has 1 aromatic heterocycles. The Morgan fingerprint density at radius 2 is 1.87 bits per heavy atom. The van der Waals surface area contributed by atoms with E-state index >= 15 is 0 Å². The Balaban J connectivity index is 1.92. The summed E-state index contributed by atoms with van der Waals surface area (Å²) in [7, 11) is 1.52. The molecule has 0 spiro atoms.